The van der Waals surface area contributed by atoms with E-state index in [4.69, 9.17) is 0 Å². The molecule has 0 heterocycles. The number of benzene rings is 4. The highest BCUT2D eigenvalue weighted by molar-refractivity contribution is 5.29. The number of aliphatic hydroxyl groups is 4. The monoisotopic (exact) mass is 716 g/mol. The molecule has 0 aliphatic rings. The van der Waals surface area contributed by atoms with E-state index in [9.17, 15) is 40.9 Å². The van der Waals surface area contributed by atoms with Gasteiger partial charge >= 0.3 is 0 Å². The van der Waals surface area contributed by atoms with E-state index in [1.807, 2.05) is 62.4 Å². The summed E-state index contributed by atoms with van der Waals surface area (Å²) in [7, 11) is 0. The highest BCUT2D eigenvalue weighted by atomic mass is 16.3. The van der Waals surface area contributed by atoms with Crippen molar-refractivity contribution in [3.05, 3.63) is 119 Å². The normalized spacial score (nSPS) is 16.0. The third-order valence-electron chi connectivity index (χ3n) is 10.0. The first-order valence-corrected chi connectivity index (χ1v) is 18.5. The maximum Gasteiger partial charge on any atom is 0.115 e. The predicted octanol–water partition coefficient (Wildman–Crippen LogP) is 7.31. The summed E-state index contributed by atoms with van der Waals surface area (Å²) in [5.41, 5.74) is 4.35. The van der Waals surface area contributed by atoms with Crippen LogP contribution in [0.25, 0.3) is 0 Å². The van der Waals surface area contributed by atoms with Crippen molar-refractivity contribution < 1.29 is 40.9 Å². The minimum Gasteiger partial charge on any atom is -0.508 e. The number of hydrogen-bond acceptors (Lipinski definition) is 8. The lowest BCUT2D eigenvalue weighted by atomic mass is 9.77. The van der Waals surface area contributed by atoms with Crippen molar-refractivity contribution in [3.63, 3.8) is 0 Å². The zero-order valence-electron chi connectivity index (χ0n) is 31.1. The summed E-state index contributed by atoms with van der Waals surface area (Å²) in [6, 6.07) is 28.6. The van der Waals surface area contributed by atoms with Crippen LogP contribution in [-0.4, -0.2) is 65.3 Å². The molecule has 8 atom stereocenters. The van der Waals surface area contributed by atoms with Gasteiger partial charge in [-0.15, -0.1) is 0 Å². The Bertz CT molecular complexity index is 1410. The van der Waals surface area contributed by atoms with Gasteiger partial charge in [0.2, 0.25) is 0 Å². The highest BCUT2D eigenvalue weighted by Crippen LogP contribution is 2.32. The molecule has 52 heavy (non-hydrogen) atoms. The molecule has 8 nitrogen and oxygen atoms in total. The van der Waals surface area contributed by atoms with E-state index in [-0.39, 0.29) is 58.9 Å². The molecule has 0 aromatic heterocycles. The molecule has 0 aliphatic carbocycles. The zero-order chi connectivity index (χ0) is 38.2. The van der Waals surface area contributed by atoms with Crippen LogP contribution >= 0.6 is 0 Å². The highest BCUT2D eigenvalue weighted by Gasteiger charge is 2.28. The van der Waals surface area contributed by atoms with Crippen LogP contribution in [0.15, 0.2) is 97.1 Å². The van der Waals surface area contributed by atoms with Gasteiger partial charge in [-0.2, -0.15) is 0 Å². The molecular weight excluding hydrogens is 656 g/mol. The third-order valence-corrected chi connectivity index (χ3v) is 10.0. The average Bonchev–Trinajstić information content (AvgIpc) is 3.10. The molecule has 0 saturated heterocycles. The number of phenolic OH excluding ortho intramolecular Hbond substituents is 4. The van der Waals surface area contributed by atoms with Crippen molar-refractivity contribution in [2.75, 3.05) is 0 Å². The Hall–Kier alpha value is -4.08. The fourth-order valence-corrected chi connectivity index (χ4v) is 6.99. The van der Waals surface area contributed by atoms with Gasteiger partial charge in [0, 0.05) is 0 Å². The Morgan fingerprint density at radius 3 is 0.788 bits per heavy atom. The molecule has 4 rings (SSSR count). The predicted molar refractivity (Wildman–Crippen MR) is 206 cm³/mol. The first-order chi connectivity index (χ1) is 24.7. The lowest BCUT2D eigenvalue weighted by molar-refractivity contribution is 0.0751. The Kier molecular flexibility index (Phi) is 17.5. The third kappa shape index (κ3) is 15.3. The van der Waals surface area contributed by atoms with Gasteiger partial charge in [-0.25, -0.2) is 0 Å². The number of hydrogen-bond donors (Lipinski definition) is 8. The first-order valence-electron chi connectivity index (χ1n) is 18.5. The Balaban J connectivity index is 0.000000280. The molecule has 284 valence electrons. The first kappa shape index (κ1) is 42.3. The van der Waals surface area contributed by atoms with Crippen LogP contribution in [0.4, 0.5) is 0 Å². The molecule has 4 aromatic rings. The largest absolute Gasteiger partial charge is 0.508 e. The summed E-state index contributed by atoms with van der Waals surface area (Å²) >= 11 is 0. The molecule has 8 N–H and O–H groups in total. The molecule has 0 amide bonds. The van der Waals surface area contributed by atoms with E-state index in [0.29, 0.717) is 25.7 Å². The maximum atomic E-state index is 10.4. The number of aromatic hydroxyl groups is 4. The summed E-state index contributed by atoms with van der Waals surface area (Å²) in [5.74, 6) is 1.41. The lowest BCUT2D eigenvalue weighted by Crippen LogP contribution is -2.30. The smallest absolute Gasteiger partial charge is 0.115 e. The molecule has 0 aliphatic heterocycles. The summed E-state index contributed by atoms with van der Waals surface area (Å²) in [4.78, 5) is 0. The van der Waals surface area contributed by atoms with Crippen LogP contribution in [0, 0.1) is 23.7 Å². The van der Waals surface area contributed by atoms with Crippen LogP contribution in [0.3, 0.4) is 0 Å². The van der Waals surface area contributed by atoms with Gasteiger partial charge < -0.3 is 40.9 Å². The van der Waals surface area contributed by atoms with E-state index in [1.165, 1.54) is 0 Å². The summed E-state index contributed by atoms with van der Waals surface area (Å²) in [6.45, 7) is 7.21. The Morgan fingerprint density at radius 1 is 0.346 bits per heavy atom. The molecular formula is C44H60O8. The molecule has 4 aromatic carbocycles. The standard InChI is InChI=1S/2C22H30O4/c2*1-15(23)3-8-19(13-17-4-9-20(25)10-5-17)22(16(2)24)14-18-6-11-21(26)12-7-18/h2*4-7,9-12,15-16,19,22-26H,3,8,13-14H2,1-2H3/t15-,16-,19+,22-;15-,16-,19-,22+/m00/s1. The van der Waals surface area contributed by atoms with Gasteiger partial charge in [0.15, 0.2) is 0 Å². The van der Waals surface area contributed by atoms with Gasteiger partial charge in [0.05, 0.1) is 24.4 Å². The second kappa shape index (κ2) is 21.4. The molecule has 0 spiro atoms. The molecule has 0 saturated carbocycles. The van der Waals surface area contributed by atoms with Crippen molar-refractivity contribution >= 4 is 0 Å². The van der Waals surface area contributed by atoms with Gasteiger partial charge in [-0.05, 0) is 174 Å². The number of phenols is 4. The van der Waals surface area contributed by atoms with Crippen molar-refractivity contribution in [1.82, 2.24) is 0 Å². The van der Waals surface area contributed by atoms with Gasteiger partial charge in [-0.1, -0.05) is 48.5 Å². The summed E-state index contributed by atoms with van der Waals surface area (Å²) in [5, 5.41) is 78.2. The fourth-order valence-electron chi connectivity index (χ4n) is 6.99. The van der Waals surface area contributed by atoms with E-state index >= 15 is 0 Å². The van der Waals surface area contributed by atoms with Crippen LogP contribution in [0.2, 0.25) is 0 Å². The lowest BCUT2D eigenvalue weighted by Gasteiger charge is -2.30. The fraction of sp³-hybridized carbons (Fsp3) is 0.455. The van der Waals surface area contributed by atoms with Crippen LogP contribution < -0.4 is 0 Å². The van der Waals surface area contributed by atoms with Crippen LogP contribution in [-0.2, 0) is 25.7 Å². The topological polar surface area (TPSA) is 162 Å². The summed E-state index contributed by atoms with van der Waals surface area (Å²) in [6.07, 6.45) is 4.24. The quantitative estimate of drug-likeness (QED) is 0.0532. The minimum absolute atomic E-state index is 0.0343. The van der Waals surface area contributed by atoms with Crippen LogP contribution in [0.5, 0.6) is 23.0 Å². The van der Waals surface area contributed by atoms with Gasteiger partial charge in [0.1, 0.15) is 23.0 Å². The molecule has 0 bridgehead atoms. The van der Waals surface area contributed by atoms with E-state index < -0.39 is 12.2 Å². The van der Waals surface area contributed by atoms with Gasteiger partial charge in [0.25, 0.3) is 0 Å². The maximum absolute atomic E-state index is 10.4. The van der Waals surface area contributed by atoms with E-state index in [2.05, 4.69) is 0 Å². The van der Waals surface area contributed by atoms with Crippen molar-refractivity contribution in [2.24, 2.45) is 23.7 Å². The number of rotatable bonds is 18. The Labute approximate surface area is 309 Å². The summed E-state index contributed by atoms with van der Waals surface area (Å²) < 4.78 is 0. The van der Waals surface area contributed by atoms with Crippen molar-refractivity contribution in [1.29, 1.82) is 0 Å². The van der Waals surface area contributed by atoms with E-state index in [0.717, 1.165) is 47.9 Å². The molecule has 0 unspecified atom stereocenters. The zero-order valence-corrected chi connectivity index (χ0v) is 31.1. The number of aliphatic hydroxyl groups excluding tert-OH is 4. The van der Waals surface area contributed by atoms with Crippen LogP contribution in [0.1, 0.15) is 75.6 Å². The molecule has 8 heteroatoms. The second-order valence-electron chi connectivity index (χ2n) is 14.7. The molecule has 0 fully saturated rings. The van der Waals surface area contributed by atoms with E-state index in [1.54, 1.807) is 62.4 Å². The molecule has 0 radical (unpaired) electrons. The second-order valence-corrected chi connectivity index (χ2v) is 14.7. The Morgan fingerprint density at radius 2 is 0.577 bits per heavy atom. The SMILES string of the molecule is C[C@H](O)CC[C@@H](Cc1ccc(O)cc1)[C@H](Cc1ccc(O)cc1)[C@H](C)O.C[C@H](O)CC[C@H](Cc1ccc(O)cc1)[C@@H](Cc1ccc(O)cc1)[C@H](C)O. The van der Waals surface area contributed by atoms with Gasteiger partial charge in [-0.3, -0.25) is 0 Å². The average molecular weight is 717 g/mol. The van der Waals surface area contributed by atoms with Crippen molar-refractivity contribution in [2.45, 2.75) is 103 Å². The van der Waals surface area contributed by atoms with Crippen molar-refractivity contribution in [3.8, 4) is 23.0 Å². The minimum atomic E-state index is -0.486.